The molecule has 5 nitrogen and oxygen atoms in total. The maximum atomic E-state index is 5.20. The van der Waals surface area contributed by atoms with E-state index in [2.05, 4.69) is 33.3 Å². The predicted octanol–water partition coefficient (Wildman–Crippen LogP) is 3.25. The van der Waals surface area contributed by atoms with Crippen molar-refractivity contribution in [3.05, 3.63) is 51.1 Å². The zero-order chi connectivity index (χ0) is 13.9. The first kappa shape index (κ1) is 12.9. The fourth-order valence-corrected chi connectivity index (χ4v) is 2.62. The minimum absolute atomic E-state index is 0.440. The molecule has 100 valence electrons. The summed E-state index contributed by atoms with van der Waals surface area (Å²) in [5, 5.41) is 11.3. The zero-order valence-corrected chi connectivity index (χ0v) is 12.3. The van der Waals surface area contributed by atoms with Gasteiger partial charge in [0, 0.05) is 16.0 Å². The monoisotopic (exact) mass is 301 g/mol. The van der Waals surface area contributed by atoms with Crippen LogP contribution in [0.15, 0.2) is 41.6 Å². The third-order valence-electron chi connectivity index (χ3n) is 2.61. The molecular weight excluding hydrogens is 290 g/mol. The Morgan fingerprint density at radius 1 is 1.35 bits per heavy atom. The van der Waals surface area contributed by atoms with Gasteiger partial charge in [-0.05, 0) is 43.4 Å². The predicted molar refractivity (Wildman–Crippen MR) is 82.7 cm³/mol. The minimum atomic E-state index is 0.440. The highest BCUT2D eigenvalue weighted by atomic mass is 32.1. The summed E-state index contributed by atoms with van der Waals surface area (Å²) in [5.74, 6) is 0.597. The molecular formula is C13H11N5S2. The lowest BCUT2D eigenvalue weighted by molar-refractivity contribution is 0.868. The van der Waals surface area contributed by atoms with E-state index in [0.29, 0.717) is 10.6 Å². The molecule has 0 bridgehead atoms. The van der Waals surface area contributed by atoms with Gasteiger partial charge in [-0.1, -0.05) is 6.07 Å². The van der Waals surface area contributed by atoms with Crippen LogP contribution in [0.25, 0.3) is 11.5 Å². The second kappa shape index (κ2) is 5.48. The molecule has 0 aliphatic rings. The van der Waals surface area contributed by atoms with Crippen molar-refractivity contribution in [2.75, 3.05) is 0 Å². The summed E-state index contributed by atoms with van der Waals surface area (Å²) in [6, 6.07) is 9.70. The molecule has 0 aliphatic heterocycles. The number of nitrogens with one attached hydrogen (secondary N) is 1. The Kier molecular flexibility index (Phi) is 3.53. The number of aryl methyl sites for hydroxylation is 1. The van der Waals surface area contributed by atoms with Crippen LogP contribution in [-0.4, -0.2) is 26.1 Å². The third kappa shape index (κ3) is 2.59. The number of aromatic nitrogens is 4. The van der Waals surface area contributed by atoms with Gasteiger partial charge in [0.2, 0.25) is 10.6 Å². The van der Waals surface area contributed by atoms with Crippen molar-refractivity contribution < 1.29 is 0 Å². The standard InChI is InChI=1S/C13H11N5S2/c1-9-5-6-10(20-9)8-15-18-12(16-17-13(18)19)11-4-2-3-7-14-11/h2-8H,1H3,(H,17,19)/b15-8+. The molecule has 0 radical (unpaired) electrons. The number of hydrogen-bond acceptors (Lipinski definition) is 5. The normalized spacial score (nSPS) is 11.2. The molecule has 0 aromatic carbocycles. The molecule has 0 fully saturated rings. The maximum absolute atomic E-state index is 5.20. The first-order valence-electron chi connectivity index (χ1n) is 5.93. The average molecular weight is 301 g/mol. The van der Waals surface area contributed by atoms with Crippen molar-refractivity contribution in [1.82, 2.24) is 19.9 Å². The van der Waals surface area contributed by atoms with Crippen molar-refractivity contribution in [1.29, 1.82) is 0 Å². The lowest BCUT2D eigenvalue weighted by atomic mass is 10.3. The first-order valence-corrected chi connectivity index (χ1v) is 7.16. The molecule has 0 spiro atoms. The van der Waals surface area contributed by atoms with Crippen LogP contribution in [-0.2, 0) is 0 Å². The van der Waals surface area contributed by atoms with E-state index < -0.39 is 0 Å². The van der Waals surface area contributed by atoms with E-state index in [0.717, 1.165) is 10.6 Å². The van der Waals surface area contributed by atoms with Gasteiger partial charge in [-0.2, -0.15) is 14.9 Å². The number of pyridine rings is 1. The summed E-state index contributed by atoms with van der Waals surface area (Å²) < 4.78 is 2.02. The van der Waals surface area contributed by atoms with Gasteiger partial charge >= 0.3 is 0 Å². The molecule has 3 rings (SSSR count). The Bertz CT molecular complexity index is 798. The quantitative estimate of drug-likeness (QED) is 0.597. The fraction of sp³-hybridized carbons (Fsp3) is 0.0769. The Labute approximate surface area is 124 Å². The van der Waals surface area contributed by atoms with E-state index in [9.17, 15) is 0 Å². The Morgan fingerprint density at radius 3 is 2.95 bits per heavy atom. The van der Waals surface area contributed by atoms with Crippen molar-refractivity contribution >= 4 is 29.8 Å². The SMILES string of the molecule is Cc1ccc(/C=N/n2c(-c3ccccn3)n[nH]c2=S)s1. The number of hydrogen-bond donors (Lipinski definition) is 1. The number of nitrogens with zero attached hydrogens (tertiary/aromatic N) is 4. The minimum Gasteiger partial charge on any atom is -0.253 e. The lowest BCUT2D eigenvalue weighted by Gasteiger charge is -1.98. The number of aromatic amines is 1. The second-order valence-corrected chi connectivity index (χ2v) is 5.78. The Morgan fingerprint density at radius 2 is 2.25 bits per heavy atom. The summed E-state index contributed by atoms with van der Waals surface area (Å²) in [4.78, 5) is 6.57. The van der Waals surface area contributed by atoms with E-state index in [4.69, 9.17) is 12.2 Å². The van der Waals surface area contributed by atoms with E-state index >= 15 is 0 Å². The molecule has 1 N–H and O–H groups in total. The molecule has 0 amide bonds. The maximum Gasteiger partial charge on any atom is 0.216 e. The number of H-pyrrole nitrogens is 1. The lowest BCUT2D eigenvalue weighted by Crippen LogP contribution is -1.95. The smallest absolute Gasteiger partial charge is 0.216 e. The molecule has 20 heavy (non-hydrogen) atoms. The summed E-state index contributed by atoms with van der Waals surface area (Å²) in [7, 11) is 0. The van der Waals surface area contributed by atoms with Crippen LogP contribution in [0.2, 0.25) is 0 Å². The van der Waals surface area contributed by atoms with Gasteiger partial charge in [0.25, 0.3) is 0 Å². The van der Waals surface area contributed by atoms with Gasteiger partial charge in [-0.3, -0.25) is 4.98 Å². The fourth-order valence-electron chi connectivity index (χ4n) is 1.70. The van der Waals surface area contributed by atoms with Crippen molar-refractivity contribution in [2.45, 2.75) is 6.92 Å². The highest BCUT2D eigenvalue weighted by Crippen LogP contribution is 2.15. The number of thiophene rings is 1. The van der Waals surface area contributed by atoms with Crippen LogP contribution in [0.5, 0.6) is 0 Å². The topological polar surface area (TPSA) is 58.9 Å². The summed E-state index contributed by atoms with van der Waals surface area (Å²) in [5.41, 5.74) is 0.722. The third-order valence-corrected chi connectivity index (χ3v) is 3.81. The van der Waals surface area contributed by atoms with Crippen LogP contribution in [0.1, 0.15) is 9.75 Å². The Hall–Kier alpha value is -2.12. The van der Waals surface area contributed by atoms with Crippen LogP contribution in [0.3, 0.4) is 0 Å². The number of rotatable bonds is 3. The highest BCUT2D eigenvalue weighted by Gasteiger charge is 2.08. The molecule has 7 heteroatoms. The van der Waals surface area contributed by atoms with Gasteiger partial charge < -0.3 is 0 Å². The average Bonchev–Trinajstić information content (AvgIpc) is 3.04. The Balaban J connectivity index is 2.00. The molecule has 0 unspecified atom stereocenters. The first-order chi connectivity index (χ1) is 9.74. The highest BCUT2D eigenvalue weighted by molar-refractivity contribution is 7.71. The molecule has 0 saturated carbocycles. The van der Waals surface area contributed by atoms with Gasteiger partial charge in [0.1, 0.15) is 5.69 Å². The van der Waals surface area contributed by atoms with E-state index in [1.807, 2.05) is 24.3 Å². The van der Waals surface area contributed by atoms with E-state index in [1.54, 1.807) is 28.4 Å². The molecule has 0 atom stereocenters. The van der Waals surface area contributed by atoms with Crippen molar-refractivity contribution in [2.24, 2.45) is 5.10 Å². The molecule has 0 aliphatic carbocycles. The van der Waals surface area contributed by atoms with Gasteiger partial charge in [-0.15, -0.1) is 11.3 Å². The second-order valence-electron chi connectivity index (χ2n) is 4.07. The molecule has 3 heterocycles. The van der Waals surface area contributed by atoms with Crippen LogP contribution in [0.4, 0.5) is 0 Å². The summed E-state index contributed by atoms with van der Waals surface area (Å²) in [6.07, 6.45) is 3.49. The van der Waals surface area contributed by atoms with Crippen LogP contribution in [0, 0.1) is 11.7 Å². The molecule has 0 saturated heterocycles. The molecule has 3 aromatic rings. The summed E-state index contributed by atoms with van der Waals surface area (Å²) >= 11 is 6.87. The van der Waals surface area contributed by atoms with Crippen LogP contribution >= 0.6 is 23.6 Å². The van der Waals surface area contributed by atoms with Gasteiger partial charge in [0.05, 0.1) is 6.21 Å². The summed E-state index contributed by atoms with van der Waals surface area (Å²) in [6.45, 7) is 2.06. The molecule has 3 aromatic heterocycles. The zero-order valence-electron chi connectivity index (χ0n) is 10.6. The van der Waals surface area contributed by atoms with Gasteiger partial charge in [0.15, 0.2) is 0 Å². The van der Waals surface area contributed by atoms with E-state index in [1.165, 1.54) is 4.88 Å². The van der Waals surface area contributed by atoms with E-state index in [-0.39, 0.29) is 0 Å². The van der Waals surface area contributed by atoms with Crippen LogP contribution < -0.4 is 0 Å². The largest absolute Gasteiger partial charge is 0.253 e. The van der Waals surface area contributed by atoms with Crippen molar-refractivity contribution in [3.63, 3.8) is 0 Å². The van der Waals surface area contributed by atoms with Crippen molar-refractivity contribution in [3.8, 4) is 11.5 Å². The van der Waals surface area contributed by atoms with Gasteiger partial charge in [-0.25, -0.2) is 5.10 Å².